The molecule has 4 rings (SSSR count). The van der Waals surface area contributed by atoms with Gasteiger partial charge in [-0.05, 0) is 53.0 Å². The standard InChI is InChI=1S/C27H25N3OS2/c1-18(2)21-12-7-19(8-13-21)11-16-25(31)30-27(32)28-17-20-9-14-22(15-10-20)26-29-23-5-3-4-6-24(23)33-26/h3-16,18H,17H2,1-2H3,(H2,28,30,31,32)/b16-11+. The van der Waals surface area contributed by atoms with Crippen molar-refractivity contribution in [2.45, 2.75) is 26.3 Å². The molecule has 0 spiro atoms. The van der Waals surface area contributed by atoms with Gasteiger partial charge in [0.15, 0.2) is 5.11 Å². The van der Waals surface area contributed by atoms with Crippen LogP contribution in [0.2, 0.25) is 0 Å². The maximum atomic E-state index is 12.2. The number of benzene rings is 3. The van der Waals surface area contributed by atoms with Crippen LogP contribution < -0.4 is 10.6 Å². The average molecular weight is 472 g/mol. The van der Waals surface area contributed by atoms with Crippen molar-refractivity contribution in [2.24, 2.45) is 0 Å². The molecular formula is C27H25N3OS2. The molecule has 0 aliphatic rings. The van der Waals surface area contributed by atoms with Crippen LogP contribution in [-0.2, 0) is 11.3 Å². The van der Waals surface area contributed by atoms with Gasteiger partial charge in [-0.3, -0.25) is 10.1 Å². The van der Waals surface area contributed by atoms with Gasteiger partial charge >= 0.3 is 0 Å². The molecule has 0 aliphatic heterocycles. The number of fused-ring (bicyclic) bond motifs is 1. The van der Waals surface area contributed by atoms with E-state index in [4.69, 9.17) is 17.2 Å². The lowest BCUT2D eigenvalue weighted by molar-refractivity contribution is -0.115. The Morgan fingerprint density at radius 1 is 1.03 bits per heavy atom. The maximum Gasteiger partial charge on any atom is 0.250 e. The van der Waals surface area contributed by atoms with E-state index in [1.165, 1.54) is 16.3 Å². The lowest BCUT2D eigenvalue weighted by atomic mass is 10.0. The molecule has 4 aromatic rings. The van der Waals surface area contributed by atoms with Gasteiger partial charge in [0.2, 0.25) is 5.91 Å². The second-order valence-electron chi connectivity index (χ2n) is 8.01. The number of hydrogen-bond acceptors (Lipinski definition) is 4. The zero-order chi connectivity index (χ0) is 23.2. The number of thiazole rings is 1. The Bertz CT molecular complexity index is 1260. The summed E-state index contributed by atoms with van der Waals surface area (Å²) in [6.07, 6.45) is 3.27. The molecular weight excluding hydrogens is 446 g/mol. The molecule has 33 heavy (non-hydrogen) atoms. The largest absolute Gasteiger partial charge is 0.358 e. The van der Waals surface area contributed by atoms with Crippen LogP contribution in [0.1, 0.15) is 36.5 Å². The SMILES string of the molecule is CC(C)c1ccc(/C=C/C(=O)NC(=S)NCc2ccc(-c3nc4ccccc4s3)cc2)cc1. The fourth-order valence-corrected chi connectivity index (χ4v) is 4.45. The third-order valence-corrected chi connectivity index (χ3v) is 6.55. The van der Waals surface area contributed by atoms with Crippen molar-refractivity contribution < 1.29 is 4.79 Å². The van der Waals surface area contributed by atoms with Crippen molar-refractivity contribution in [3.63, 3.8) is 0 Å². The number of hydrogen-bond donors (Lipinski definition) is 2. The highest BCUT2D eigenvalue weighted by Gasteiger charge is 2.06. The van der Waals surface area contributed by atoms with Gasteiger partial charge < -0.3 is 5.32 Å². The fourth-order valence-electron chi connectivity index (χ4n) is 3.30. The maximum absolute atomic E-state index is 12.2. The van der Waals surface area contributed by atoms with Crippen LogP contribution in [0.25, 0.3) is 26.9 Å². The number of nitrogens with one attached hydrogen (secondary N) is 2. The topological polar surface area (TPSA) is 54.0 Å². The highest BCUT2D eigenvalue weighted by molar-refractivity contribution is 7.80. The van der Waals surface area contributed by atoms with Crippen LogP contribution in [0.15, 0.2) is 78.9 Å². The predicted octanol–water partition coefficient (Wildman–Crippen LogP) is 6.29. The first-order chi connectivity index (χ1) is 16.0. The molecule has 2 N–H and O–H groups in total. The Morgan fingerprint density at radius 3 is 2.45 bits per heavy atom. The second kappa shape index (κ2) is 10.5. The van der Waals surface area contributed by atoms with Gasteiger partial charge in [0.1, 0.15) is 5.01 Å². The van der Waals surface area contributed by atoms with E-state index in [1.54, 1.807) is 17.4 Å². The van der Waals surface area contributed by atoms with Gasteiger partial charge in [-0.15, -0.1) is 11.3 Å². The van der Waals surface area contributed by atoms with Crippen LogP contribution >= 0.6 is 23.6 Å². The lowest BCUT2D eigenvalue weighted by Crippen LogP contribution is -2.37. The summed E-state index contributed by atoms with van der Waals surface area (Å²) >= 11 is 6.94. The first kappa shape index (κ1) is 22.8. The van der Waals surface area contributed by atoms with E-state index in [2.05, 4.69) is 54.8 Å². The summed E-state index contributed by atoms with van der Waals surface area (Å²) in [7, 11) is 0. The van der Waals surface area contributed by atoms with Crippen LogP contribution in [0.4, 0.5) is 0 Å². The minimum atomic E-state index is -0.258. The quantitative estimate of drug-likeness (QED) is 0.256. The summed E-state index contributed by atoms with van der Waals surface area (Å²) in [5, 5.41) is 7.07. The Labute approximate surface area is 203 Å². The summed E-state index contributed by atoms with van der Waals surface area (Å²) in [5.74, 6) is 0.227. The lowest BCUT2D eigenvalue weighted by Gasteiger charge is -2.08. The molecule has 0 bridgehead atoms. The van der Waals surface area contributed by atoms with Crippen molar-refractivity contribution in [1.29, 1.82) is 0 Å². The molecule has 0 fully saturated rings. The minimum Gasteiger partial charge on any atom is -0.358 e. The van der Waals surface area contributed by atoms with Crippen LogP contribution in [0, 0.1) is 0 Å². The van der Waals surface area contributed by atoms with Gasteiger partial charge in [0.25, 0.3) is 0 Å². The molecule has 0 saturated carbocycles. The predicted molar refractivity (Wildman–Crippen MR) is 142 cm³/mol. The molecule has 166 valence electrons. The molecule has 0 aliphatic carbocycles. The molecule has 0 radical (unpaired) electrons. The number of nitrogens with zero attached hydrogens (tertiary/aromatic N) is 1. The normalized spacial score (nSPS) is 11.2. The van der Waals surface area contributed by atoms with Gasteiger partial charge in [0, 0.05) is 18.2 Å². The Morgan fingerprint density at radius 2 is 1.76 bits per heavy atom. The minimum absolute atomic E-state index is 0.258. The molecule has 0 atom stereocenters. The van der Waals surface area contributed by atoms with E-state index in [9.17, 15) is 4.79 Å². The summed E-state index contributed by atoms with van der Waals surface area (Å²) in [5.41, 5.74) is 5.42. The van der Waals surface area contributed by atoms with Gasteiger partial charge in [-0.1, -0.05) is 74.5 Å². The van der Waals surface area contributed by atoms with E-state index in [1.807, 2.05) is 42.5 Å². The molecule has 6 heteroatoms. The first-order valence-electron chi connectivity index (χ1n) is 10.8. The molecule has 1 heterocycles. The van der Waals surface area contributed by atoms with Gasteiger partial charge in [-0.25, -0.2) is 4.98 Å². The summed E-state index contributed by atoms with van der Waals surface area (Å²) < 4.78 is 1.18. The number of para-hydroxylation sites is 1. The third kappa shape index (κ3) is 6.12. The Hall–Kier alpha value is -3.35. The van der Waals surface area contributed by atoms with Crippen molar-refractivity contribution >= 4 is 50.9 Å². The Balaban J connectivity index is 1.27. The van der Waals surface area contributed by atoms with Crippen molar-refractivity contribution in [3.05, 3.63) is 95.6 Å². The van der Waals surface area contributed by atoms with Crippen LogP contribution in [0.3, 0.4) is 0 Å². The molecule has 1 amide bonds. The second-order valence-corrected chi connectivity index (χ2v) is 9.45. The van der Waals surface area contributed by atoms with E-state index >= 15 is 0 Å². The number of aromatic nitrogens is 1. The van der Waals surface area contributed by atoms with Crippen molar-refractivity contribution in [2.75, 3.05) is 0 Å². The van der Waals surface area contributed by atoms with Crippen molar-refractivity contribution in [3.8, 4) is 10.6 Å². The number of carbonyl (C=O) groups excluding carboxylic acids is 1. The Kier molecular flexibility index (Phi) is 7.27. The first-order valence-corrected chi connectivity index (χ1v) is 12.0. The highest BCUT2D eigenvalue weighted by atomic mass is 32.1. The number of amides is 1. The van der Waals surface area contributed by atoms with E-state index in [0.29, 0.717) is 17.6 Å². The van der Waals surface area contributed by atoms with E-state index in [-0.39, 0.29) is 5.91 Å². The summed E-state index contributed by atoms with van der Waals surface area (Å²) in [4.78, 5) is 16.9. The van der Waals surface area contributed by atoms with Gasteiger partial charge in [-0.2, -0.15) is 0 Å². The molecule has 4 nitrogen and oxygen atoms in total. The van der Waals surface area contributed by atoms with Crippen LogP contribution in [-0.4, -0.2) is 16.0 Å². The summed E-state index contributed by atoms with van der Waals surface area (Å²) in [6, 6.07) is 24.5. The summed E-state index contributed by atoms with van der Waals surface area (Å²) in [6.45, 7) is 4.84. The highest BCUT2D eigenvalue weighted by Crippen LogP contribution is 2.30. The van der Waals surface area contributed by atoms with Crippen molar-refractivity contribution in [1.82, 2.24) is 15.6 Å². The third-order valence-electron chi connectivity index (χ3n) is 5.21. The monoisotopic (exact) mass is 471 g/mol. The average Bonchev–Trinajstić information content (AvgIpc) is 3.26. The molecule has 0 unspecified atom stereocenters. The van der Waals surface area contributed by atoms with E-state index in [0.717, 1.165) is 27.2 Å². The number of rotatable bonds is 6. The molecule has 0 saturated heterocycles. The smallest absolute Gasteiger partial charge is 0.250 e. The zero-order valence-corrected chi connectivity index (χ0v) is 20.2. The van der Waals surface area contributed by atoms with Crippen LogP contribution in [0.5, 0.6) is 0 Å². The fraction of sp³-hybridized carbons (Fsp3) is 0.148. The van der Waals surface area contributed by atoms with Gasteiger partial charge in [0.05, 0.1) is 10.2 Å². The molecule has 1 aromatic heterocycles. The number of thiocarbonyl (C=S) groups is 1. The zero-order valence-electron chi connectivity index (χ0n) is 18.5. The molecule has 3 aromatic carbocycles. The number of carbonyl (C=O) groups is 1. The van der Waals surface area contributed by atoms with E-state index < -0.39 is 0 Å².